The predicted molar refractivity (Wildman–Crippen MR) is 83.8 cm³/mol. The molecule has 0 spiro atoms. The maximum atomic E-state index is 11.3. The normalized spacial score (nSPS) is 18.9. The lowest BCUT2D eigenvalue weighted by molar-refractivity contribution is -0.123. The van der Waals surface area contributed by atoms with Crippen LogP contribution < -0.4 is 5.73 Å². The summed E-state index contributed by atoms with van der Waals surface area (Å²) in [5.41, 5.74) is 7.92. The first-order chi connectivity index (χ1) is 10.1. The third-order valence-electron chi connectivity index (χ3n) is 4.45. The zero-order valence-corrected chi connectivity index (χ0v) is 12.4. The summed E-state index contributed by atoms with van der Waals surface area (Å²) >= 11 is 0. The first-order valence-corrected chi connectivity index (χ1v) is 7.46. The van der Waals surface area contributed by atoms with Crippen molar-refractivity contribution in [1.29, 1.82) is 0 Å². The highest BCUT2D eigenvalue weighted by molar-refractivity contribution is 5.82. The maximum absolute atomic E-state index is 11.3. The molecule has 0 aliphatic carbocycles. The van der Waals surface area contributed by atoms with Gasteiger partial charge in [0.25, 0.3) is 0 Å². The number of fused-ring (bicyclic) bond motifs is 1. The summed E-state index contributed by atoms with van der Waals surface area (Å²) in [4.78, 5) is 19.1. The predicted octanol–water partition coefficient (Wildman–Crippen LogP) is 1.16. The number of amides is 1. The maximum Gasteiger partial charge on any atom is 0.234 e. The van der Waals surface area contributed by atoms with Crippen LogP contribution in [0, 0.1) is 0 Å². The molecule has 0 bridgehead atoms. The Labute approximate surface area is 124 Å². The number of carbonyl (C=O) groups is 1. The first-order valence-electron chi connectivity index (χ1n) is 7.46. The summed E-state index contributed by atoms with van der Waals surface area (Å²) < 4.78 is 0. The van der Waals surface area contributed by atoms with E-state index in [9.17, 15) is 4.79 Å². The Kier molecular flexibility index (Phi) is 3.94. The number of nitrogens with zero attached hydrogens (tertiary/aromatic N) is 2. The number of rotatable bonds is 4. The molecule has 1 fully saturated rings. The molecule has 1 saturated heterocycles. The minimum absolute atomic E-state index is 0.166. The number of H-pyrrole nitrogens is 1. The van der Waals surface area contributed by atoms with Crippen LogP contribution >= 0.6 is 0 Å². The number of carbonyl (C=O) groups excluding carboxylic acids is 1. The van der Waals surface area contributed by atoms with E-state index < -0.39 is 0 Å². The van der Waals surface area contributed by atoms with Gasteiger partial charge in [-0.1, -0.05) is 12.1 Å². The molecule has 5 heteroatoms. The van der Waals surface area contributed by atoms with Crippen LogP contribution in [0.5, 0.6) is 0 Å². The smallest absolute Gasteiger partial charge is 0.234 e. The molecule has 1 aliphatic heterocycles. The quantitative estimate of drug-likeness (QED) is 0.886. The lowest BCUT2D eigenvalue weighted by Crippen LogP contribution is -2.52. The molecule has 1 atom stereocenters. The van der Waals surface area contributed by atoms with Crippen LogP contribution in [-0.2, 0) is 11.3 Å². The molecular weight excluding hydrogens is 264 g/mol. The van der Waals surface area contributed by atoms with E-state index in [1.165, 1.54) is 16.5 Å². The van der Waals surface area contributed by atoms with Crippen molar-refractivity contribution in [2.45, 2.75) is 19.5 Å². The Morgan fingerprint density at radius 1 is 1.29 bits per heavy atom. The van der Waals surface area contributed by atoms with E-state index in [1.807, 2.05) is 13.1 Å². The Bertz CT molecular complexity index is 628. The second-order valence-corrected chi connectivity index (χ2v) is 5.75. The number of primary amides is 1. The third-order valence-corrected chi connectivity index (χ3v) is 4.45. The molecule has 2 heterocycles. The van der Waals surface area contributed by atoms with Gasteiger partial charge in [-0.2, -0.15) is 0 Å². The van der Waals surface area contributed by atoms with Gasteiger partial charge in [0.1, 0.15) is 0 Å². The fourth-order valence-electron chi connectivity index (χ4n) is 3.02. The Balaban J connectivity index is 1.63. The Morgan fingerprint density at radius 2 is 2.05 bits per heavy atom. The van der Waals surface area contributed by atoms with Crippen LogP contribution in [0.1, 0.15) is 12.5 Å². The number of nitrogens with two attached hydrogens (primary N) is 1. The molecular formula is C16H22N4O. The van der Waals surface area contributed by atoms with Gasteiger partial charge in [-0.25, -0.2) is 0 Å². The molecule has 2 aromatic rings. The van der Waals surface area contributed by atoms with Crippen LogP contribution in [0.4, 0.5) is 0 Å². The molecule has 3 N–H and O–H groups in total. The van der Waals surface area contributed by atoms with Crippen molar-refractivity contribution in [2.24, 2.45) is 5.73 Å². The fraction of sp³-hybridized carbons (Fsp3) is 0.438. The molecule has 1 aromatic heterocycles. The van der Waals surface area contributed by atoms with Crippen molar-refractivity contribution in [3.8, 4) is 0 Å². The van der Waals surface area contributed by atoms with Crippen molar-refractivity contribution in [3.63, 3.8) is 0 Å². The van der Waals surface area contributed by atoms with E-state index in [2.05, 4.69) is 39.0 Å². The van der Waals surface area contributed by atoms with Gasteiger partial charge >= 0.3 is 0 Å². The highest BCUT2D eigenvalue weighted by Crippen LogP contribution is 2.19. The summed E-state index contributed by atoms with van der Waals surface area (Å²) in [5, 5.41) is 1.30. The fourth-order valence-corrected chi connectivity index (χ4v) is 3.02. The summed E-state index contributed by atoms with van der Waals surface area (Å²) in [6.45, 7) is 6.57. The van der Waals surface area contributed by atoms with Crippen molar-refractivity contribution < 1.29 is 4.79 Å². The molecule has 5 nitrogen and oxygen atoms in total. The molecule has 0 saturated carbocycles. The minimum Gasteiger partial charge on any atom is -0.368 e. The molecule has 1 aromatic carbocycles. The number of piperazine rings is 1. The number of aromatic amines is 1. The van der Waals surface area contributed by atoms with Gasteiger partial charge in [-0.05, 0) is 24.6 Å². The zero-order valence-electron chi connectivity index (χ0n) is 12.4. The van der Waals surface area contributed by atoms with Gasteiger partial charge in [-0.3, -0.25) is 14.6 Å². The second kappa shape index (κ2) is 5.87. The third kappa shape index (κ3) is 2.94. The molecule has 0 radical (unpaired) electrons. The van der Waals surface area contributed by atoms with Crippen LogP contribution in [0.25, 0.3) is 10.9 Å². The van der Waals surface area contributed by atoms with Crippen molar-refractivity contribution in [3.05, 3.63) is 36.0 Å². The molecule has 1 aliphatic rings. The first kappa shape index (κ1) is 14.1. The molecule has 1 amide bonds. The SMILES string of the molecule is C[C@H](C(N)=O)N1CCN(Cc2cccc3[nH]ccc23)CC1. The zero-order chi connectivity index (χ0) is 14.8. The van der Waals surface area contributed by atoms with Gasteiger partial charge in [0.2, 0.25) is 5.91 Å². The number of benzene rings is 1. The second-order valence-electron chi connectivity index (χ2n) is 5.75. The van der Waals surface area contributed by atoms with Gasteiger partial charge < -0.3 is 10.7 Å². The molecule has 112 valence electrons. The Morgan fingerprint density at radius 3 is 2.76 bits per heavy atom. The summed E-state index contributed by atoms with van der Waals surface area (Å²) in [6, 6.07) is 8.36. The minimum atomic E-state index is -0.236. The summed E-state index contributed by atoms with van der Waals surface area (Å²) in [7, 11) is 0. The van der Waals surface area contributed by atoms with E-state index in [4.69, 9.17) is 5.73 Å². The largest absolute Gasteiger partial charge is 0.368 e. The van der Waals surface area contributed by atoms with Gasteiger partial charge in [-0.15, -0.1) is 0 Å². The van der Waals surface area contributed by atoms with E-state index in [-0.39, 0.29) is 11.9 Å². The van der Waals surface area contributed by atoms with Crippen LogP contribution in [-0.4, -0.2) is 52.9 Å². The molecule has 21 heavy (non-hydrogen) atoms. The lowest BCUT2D eigenvalue weighted by atomic mass is 10.1. The van der Waals surface area contributed by atoms with Crippen LogP contribution in [0.2, 0.25) is 0 Å². The number of nitrogens with one attached hydrogen (secondary N) is 1. The number of hydrogen-bond donors (Lipinski definition) is 2. The van der Waals surface area contributed by atoms with Gasteiger partial charge in [0.05, 0.1) is 6.04 Å². The van der Waals surface area contributed by atoms with Gasteiger partial charge in [0, 0.05) is 49.8 Å². The van der Waals surface area contributed by atoms with Crippen molar-refractivity contribution in [1.82, 2.24) is 14.8 Å². The average Bonchev–Trinajstić information content (AvgIpc) is 2.97. The highest BCUT2D eigenvalue weighted by atomic mass is 16.1. The van der Waals surface area contributed by atoms with Gasteiger partial charge in [0.15, 0.2) is 0 Å². The highest BCUT2D eigenvalue weighted by Gasteiger charge is 2.24. The standard InChI is InChI=1S/C16H22N4O/c1-12(16(17)21)20-9-7-19(8-10-20)11-13-3-2-4-15-14(13)5-6-18-15/h2-6,12,18H,7-11H2,1H3,(H2,17,21)/t12-/m1/s1. The number of hydrogen-bond acceptors (Lipinski definition) is 3. The lowest BCUT2D eigenvalue weighted by Gasteiger charge is -2.37. The van der Waals surface area contributed by atoms with Crippen molar-refractivity contribution in [2.75, 3.05) is 26.2 Å². The topological polar surface area (TPSA) is 65.4 Å². The van der Waals surface area contributed by atoms with Crippen LogP contribution in [0.3, 0.4) is 0 Å². The van der Waals surface area contributed by atoms with E-state index in [0.29, 0.717) is 0 Å². The van der Waals surface area contributed by atoms with Crippen LogP contribution in [0.15, 0.2) is 30.5 Å². The van der Waals surface area contributed by atoms with E-state index in [0.717, 1.165) is 32.7 Å². The summed E-state index contributed by atoms with van der Waals surface area (Å²) in [6.07, 6.45) is 1.99. The average molecular weight is 286 g/mol. The molecule has 0 unspecified atom stereocenters. The van der Waals surface area contributed by atoms with Crippen molar-refractivity contribution >= 4 is 16.8 Å². The molecule has 3 rings (SSSR count). The summed E-state index contributed by atoms with van der Waals surface area (Å²) in [5.74, 6) is -0.236. The van der Waals surface area contributed by atoms with E-state index in [1.54, 1.807) is 0 Å². The Hall–Kier alpha value is -1.85. The monoisotopic (exact) mass is 286 g/mol. The van der Waals surface area contributed by atoms with E-state index >= 15 is 0 Å². The number of aromatic nitrogens is 1.